The standard InChI is InChI=1S/C9H10N2O3/c10-5-8(12)14-9(13)6-2-1-3-7(11)4-6/h1-4H,5,10-11H2. The van der Waals surface area contributed by atoms with E-state index in [-0.39, 0.29) is 12.1 Å². The average Bonchev–Trinajstić information content (AvgIpc) is 2.17. The van der Waals surface area contributed by atoms with Crippen molar-refractivity contribution in [2.45, 2.75) is 0 Å². The highest BCUT2D eigenvalue weighted by atomic mass is 16.6. The van der Waals surface area contributed by atoms with Crippen LogP contribution < -0.4 is 11.5 Å². The Morgan fingerprint density at radius 3 is 2.64 bits per heavy atom. The monoisotopic (exact) mass is 194 g/mol. The van der Waals surface area contributed by atoms with E-state index in [1.807, 2.05) is 0 Å². The first-order chi connectivity index (χ1) is 6.63. The molecule has 0 aliphatic heterocycles. The Balaban J connectivity index is 2.75. The lowest BCUT2D eigenvalue weighted by Gasteiger charge is -2.01. The van der Waals surface area contributed by atoms with Crippen molar-refractivity contribution in [3.05, 3.63) is 29.8 Å². The third kappa shape index (κ3) is 2.56. The number of anilines is 1. The summed E-state index contributed by atoms with van der Waals surface area (Å²) in [5, 5.41) is 0. The predicted octanol–water partition coefficient (Wildman–Crippen LogP) is -0.0891. The molecule has 4 N–H and O–H groups in total. The third-order valence-corrected chi connectivity index (χ3v) is 1.50. The highest BCUT2D eigenvalue weighted by molar-refractivity contribution is 5.97. The van der Waals surface area contributed by atoms with Crippen molar-refractivity contribution in [2.75, 3.05) is 12.3 Å². The van der Waals surface area contributed by atoms with Gasteiger partial charge in [-0.1, -0.05) is 6.07 Å². The number of carbonyl (C=O) groups is 2. The maximum absolute atomic E-state index is 11.2. The zero-order chi connectivity index (χ0) is 10.6. The molecule has 0 saturated heterocycles. The molecule has 14 heavy (non-hydrogen) atoms. The van der Waals surface area contributed by atoms with Crippen LogP contribution in [-0.2, 0) is 9.53 Å². The second-order valence-electron chi connectivity index (χ2n) is 2.59. The molecule has 1 aromatic carbocycles. The van der Waals surface area contributed by atoms with Crippen LogP contribution in [0.1, 0.15) is 10.4 Å². The molecule has 5 nitrogen and oxygen atoms in total. The summed E-state index contributed by atoms with van der Waals surface area (Å²) >= 11 is 0. The summed E-state index contributed by atoms with van der Waals surface area (Å²) in [5.41, 5.74) is 11.1. The van der Waals surface area contributed by atoms with Gasteiger partial charge in [0.2, 0.25) is 0 Å². The molecule has 0 atom stereocenters. The topological polar surface area (TPSA) is 95.4 Å². The normalized spacial score (nSPS) is 9.50. The molecular weight excluding hydrogens is 184 g/mol. The van der Waals surface area contributed by atoms with E-state index in [0.717, 1.165) is 0 Å². The van der Waals surface area contributed by atoms with Crippen molar-refractivity contribution in [1.29, 1.82) is 0 Å². The number of carbonyl (C=O) groups excluding carboxylic acids is 2. The average molecular weight is 194 g/mol. The molecule has 0 saturated carbocycles. The minimum absolute atomic E-state index is 0.229. The second kappa shape index (κ2) is 4.38. The van der Waals surface area contributed by atoms with Gasteiger partial charge in [-0.05, 0) is 18.2 Å². The van der Waals surface area contributed by atoms with Gasteiger partial charge in [-0.2, -0.15) is 0 Å². The van der Waals surface area contributed by atoms with Gasteiger partial charge in [0.1, 0.15) is 0 Å². The Bertz CT molecular complexity index is 363. The largest absolute Gasteiger partial charge is 0.399 e. The van der Waals surface area contributed by atoms with E-state index in [2.05, 4.69) is 4.74 Å². The van der Waals surface area contributed by atoms with Crippen LogP contribution >= 0.6 is 0 Å². The molecule has 74 valence electrons. The fraction of sp³-hybridized carbons (Fsp3) is 0.111. The quantitative estimate of drug-likeness (QED) is 0.389. The van der Waals surface area contributed by atoms with Gasteiger partial charge in [0, 0.05) is 5.69 Å². The van der Waals surface area contributed by atoms with Crippen LogP contribution in [0.15, 0.2) is 24.3 Å². The number of esters is 2. The SMILES string of the molecule is NCC(=O)OC(=O)c1cccc(N)c1. The molecule has 1 rings (SSSR count). The Labute approximate surface area is 80.6 Å². The molecule has 1 aromatic rings. The molecule has 0 heterocycles. The summed E-state index contributed by atoms with van der Waals surface area (Å²) in [5.74, 6) is -1.51. The molecule has 0 fully saturated rings. The van der Waals surface area contributed by atoms with Crippen molar-refractivity contribution in [1.82, 2.24) is 0 Å². The summed E-state index contributed by atoms with van der Waals surface area (Å²) in [7, 11) is 0. The van der Waals surface area contributed by atoms with Gasteiger partial charge in [-0.15, -0.1) is 0 Å². The van der Waals surface area contributed by atoms with Gasteiger partial charge in [0.05, 0.1) is 12.1 Å². The fourth-order valence-corrected chi connectivity index (χ4v) is 0.870. The van der Waals surface area contributed by atoms with Crippen LogP contribution in [-0.4, -0.2) is 18.5 Å². The van der Waals surface area contributed by atoms with E-state index in [0.29, 0.717) is 5.69 Å². The summed E-state index contributed by atoms with van der Waals surface area (Å²) in [6.07, 6.45) is 0. The van der Waals surface area contributed by atoms with Crippen LogP contribution in [0.4, 0.5) is 5.69 Å². The summed E-state index contributed by atoms with van der Waals surface area (Å²) < 4.78 is 4.38. The number of nitrogens with two attached hydrogens (primary N) is 2. The number of ether oxygens (including phenoxy) is 1. The molecule has 0 spiro atoms. The lowest BCUT2D eigenvalue weighted by Crippen LogP contribution is -2.20. The lowest BCUT2D eigenvalue weighted by molar-refractivity contribution is -0.136. The number of hydrogen-bond acceptors (Lipinski definition) is 5. The van der Waals surface area contributed by atoms with E-state index in [1.165, 1.54) is 12.1 Å². The maximum atomic E-state index is 11.2. The van der Waals surface area contributed by atoms with Crippen molar-refractivity contribution >= 4 is 17.6 Å². The van der Waals surface area contributed by atoms with Crippen molar-refractivity contribution in [3.63, 3.8) is 0 Å². The summed E-state index contributed by atoms with van der Waals surface area (Å²) in [6.45, 7) is -0.325. The third-order valence-electron chi connectivity index (χ3n) is 1.50. The van der Waals surface area contributed by atoms with Gasteiger partial charge in [0.15, 0.2) is 0 Å². The summed E-state index contributed by atoms with van der Waals surface area (Å²) in [6, 6.07) is 6.15. The smallest absolute Gasteiger partial charge is 0.345 e. The van der Waals surface area contributed by atoms with Gasteiger partial charge >= 0.3 is 11.9 Å². The first-order valence-electron chi connectivity index (χ1n) is 3.94. The van der Waals surface area contributed by atoms with Gasteiger partial charge < -0.3 is 16.2 Å². The molecule has 0 aromatic heterocycles. The van der Waals surface area contributed by atoms with Gasteiger partial charge in [0.25, 0.3) is 0 Å². The van der Waals surface area contributed by atoms with Crippen LogP contribution in [0.5, 0.6) is 0 Å². The zero-order valence-corrected chi connectivity index (χ0v) is 7.40. The van der Waals surface area contributed by atoms with Crippen LogP contribution in [0.3, 0.4) is 0 Å². The Hall–Kier alpha value is -1.88. The molecular formula is C9H10N2O3. The minimum atomic E-state index is -0.766. The molecule has 0 unspecified atom stereocenters. The van der Waals surface area contributed by atoms with Crippen molar-refractivity contribution in [3.8, 4) is 0 Å². The Morgan fingerprint density at radius 1 is 1.36 bits per heavy atom. The van der Waals surface area contributed by atoms with E-state index in [1.54, 1.807) is 12.1 Å². The van der Waals surface area contributed by atoms with Crippen molar-refractivity contribution in [2.24, 2.45) is 5.73 Å². The molecule has 0 amide bonds. The first kappa shape index (κ1) is 10.2. The van der Waals surface area contributed by atoms with E-state index >= 15 is 0 Å². The van der Waals surface area contributed by atoms with Gasteiger partial charge in [-0.25, -0.2) is 4.79 Å². The maximum Gasteiger partial charge on any atom is 0.345 e. The lowest BCUT2D eigenvalue weighted by atomic mass is 10.2. The molecule has 0 aliphatic rings. The van der Waals surface area contributed by atoms with Crippen LogP contribution in [0, 0.1) is 0 Å². The second-order valence-corrected chi connectivity index (χ2v) is 2.59. The molecule has 5 heteroatoms. The van der Waals surface area contributed by atoms with E-state index in [9.17, 15) is 9.59 Å². The van der Waals surface area contributed by atoms with Gasteiger partial charge in [-0.3, -0.25) is 4.79 Å². The molecule has 0 radical (unpaired) electrons. The van der Waals surface area contributed by atoms with E-state index < -0.39 is 11.9 Å². The zero-order valence-electron chi connectivity index (χ0n) is 7.40. The highest BCUT2D eigenvalue weighted by Crippen LogP contribution is 2.07. The number of benzene rings is 1. The number of hydrogen-bond donors (Lipinski definition) is 2. The number of nitrogen functional groups attached to an aromatic ring is 1. The van der Waals surface area contributed by atoms with Crippen molar-refractivity contribution < 1.29 is 14.3 Å². The predicted molar refractivity (Wildman–Crippen MR) is 50.3 cm³/mol. The Morgan fingerprint density at radius 2 is 2.07 bits per heavy atom. The minimum Gasteiger partial charge on any atom is -0.399 e. The number of rotatable bonds is 2. The molecule has 0 bridgehead atoms. The van der Waals surface area contributed by atoms with Crippen LogP contribution in [0.25, 0.3) is 0 Å². The summed E-state index contributed by atoms with van der Waals surface area (Å²) in [4.78, 5) is 21.9. The first-order valence-corrected chi connectivity index (χ1v) is 3.94. The molecule has 0 aliphatic carbocycles. The fourth-order valence-electron chi connectivity index (χ4n) is 0.870. The van der Waals surface area contributed by atoms with Crippen LogP contribution in [0.2, 0.25) is 0 Å². The van der Waals surface area contributed by atoms with E-state index in [4.69, 9.17) is 11.5 Å². The Kier molecular flexibility index (Phi) is 3.19. The highest BCUT2D eigenvalue weighted by Gasteiger charge is 2.11.